The van der Waals surface area contributed by atoms with E-state index in [-0.39, 0.29) is 0 Å². The number of aromatic nitrogens is 1. The molecule has 0 aliphatic rings. The molecular formula is C6H6F2N2O3S. The molecule has 0 saturated carbocycles. The maximum atomic E-state index is 12.1. The molecule has 3 N–H and O–H groups in total. The van der Waals surface area contributed by atoms with Gasteiger partial charge in [0, 0.05) is 0 Å². The molecule has 0 aliphatic carbocycles. The van der Waals surface area contributed by atoms with E-state index in [0.29, 0.717) is 0 Å². The summed E-state index contributed by atoms with van der Waals surface area (Å²) in [4.78, 5) is 12.6. The Morgan fingerprint density at radius 2 is 1.93 bits per heavy atom. The van der Waals surface area contributed by atoms with Gasteiger partial charge in [-0.2, -0.15) is 0 Å². The van der Waals surface area contributed by atoms with Crippen molar-refractivity contribution in [2.75, 3.05) is 0 Å². The number of rotatable bonds is 2. The molecule has 1 aromatic heterocycles. The summed E-state index contributed by atoms with van der Waals surface area (Å²) in [5.74, 6) is 0. The number of nitrogens with two attached hydrogens (primary N) is 1. The van der Waals surface area contributed by atoms with Crippen molar-refractivity contribution in [3.8, 4) is 0 Å². The van der Waals surface area contributed by atoms with Gasteiger partial charge in [0.25, 0.3) is 22.0 Å². The number of hydrogen-bond acceptors (Lipinski definition) is 3. The van der Waals surface area contributed by atoms with Crippen LogP contribution < -0.4 is 10.7 Å². The second-order valence-corrected chi connectivity index (χ2v) is 3.98. The number of aromatic amines is 1. The lowest BCUT2D eigenvalue weighted by Crippen LogP contribution is -2.21. The van der Waals surface area contributed by atoms with Crippen LogP contribution in [0.5, 0.6) is 0 Å². The highest BCUT2D eigenvalue weighted by atomic mass is 32.2. The van der Waals surface area contributed by atoms with E-state index >= 15 is 0 Å². The molecule has 5 nitrogen and oxygen atoms in total. The van der Waals surface area contributed by atoms with Crippen molar-refractivity contribution < 1.29 is 17.2 Å². The Morgan fingerprint density at radius 1 is 1.36 bits per heavy atom. The topological polar surface area (TPSA) is 93.0 Å². The lowest BCUT2D eigenvalue weighted by molar-refractivity contribution is 0.149. The summed E-state index contributed by atoms with van der Waals surface area (Å²) in [5, 5.41) is 4.08. The Balaban J connectivity index is 3.35. The van der Waals surface area contributed by atoms with Crippen molar-refractivity contribution in [2.45, 2.75) is 11.5 Å². The number of H-pyrrole nitrogens is 1. The monoisotopic (exact) mass is 224 g/mol. The van der Waals surface area contributed by atoms with Crippen molar-refractivity contribution >= 4 is 10.0 Å². The first kappa shape index (κ1) is 10.8. The van der Waals surface area contributed by atoms with Crippen LogP contribution in [0.15, 0.2) is 22.0 Å². The molecule has 0 aliphatic heterocycles. The van der Waals surface area contributed by atoms with Crippen LogP contribution in [0, 0.1) is 0 Å². The Morgan fingerprint density at radius 3 is 2.29 bits per heavy atom. The minimum Gasteiger partial charge on any atom is -0.311 e. The predicted molar refractivity (Wildman–Crippen MR) is 43.4 cm³/mol. The van der Waals surface area contributed by atoms with Gasteiger partial charge in [0.1, 0.15) is 5.03 Å². The van der Waals surface area contributed by atoms with Gasteiger partial charge >= 0.3 is 0 Å². The maximum Gasteiger partial charge on any atom is 0.269 e. The molecule has 0 saturated heterocycles. The van der Waals surface area contributed by atoms with Gasteiger partial charge in [-0.05, 0) is 12.1 Å². The molecule has 1 rings (SSSR count). The molecular weight excluding hydrogens is 218 g/mol. The average Bonchev–Trinajstić information content (AvgIpc) is 2.01. The average molecular weight is 224 g/mol. The van der Waals surface area contributed by atoms with E-state index in [1.165, 1.54) is 0 Å². The van der Waals surface area contributed by atoms with E-state index < -0.39 is 32.6 Å². The largest absolute Gasteiger partial charge is 0.311 e. The summed E-state index contributed by atoms with van der Waals surface area (Å²) in [7, 11) is -4.07. The van der Waals surface area contributed by atoms with E-state index in [1.54, 1.807) is 4.98 Å². The van der Waals surface area contributed by atoms with Gasteiger partial charge in [0.2, 0.25) is 0 Å². The van der Waals surface area contributed by atoms with Crippen LogP contribution in [0.4, 0.5) is 8.78 Å². The SMILES string of the molecule is NS(=O)(=O)c1ccc(C(F)F)c(=O)[nH]1. The molecule has 78 valence electrons. The highest BCUT2D eigenvalue weighted by Crippen LogP contribution is 2.14. The first-order valence-electron chi connectivity index (χ1n) is 3.36. The molecule has 0 unspecified atom stereocenters. The van der Waals surface area contributed by atoms with E-state index in [9.17, 15) is 22.0 Å². The second kappa shape index (κ2) is 3.46. The van der Waals surface area contributed by atoms with Crippen molar-refractivity contribution in [1.29, 1.82) is 0 Å². The number of sulfonamides is 1. The van der Waals surface area contributed by atoms with Crippen LogP contribution in [0.25, 0.3) is 0 Å². The summed E-state index contributed by atoms with van der Waals surface area (Å²) in [6, 6.07) is 1.54. The number of primary sulfonamides is 1. The fourth-order valence-electron chi connectivity index (χ4n) is 0.805. The Kier molecular flexibility index (Phi) is 2.67. The summed E-state index contributed by atoms with van der Waals surface area (Å²) in [6.45, 7) is 0. The van der Waals surface area contributed by atoms with Gasteiger partial charge in [-0.1, -0.05) is 0 Å². The lowest BCUT2D eigenvalue weighted by Gasteiger charge is -2.00. The van der Waals surface area contributed by atoms with Gasteiger partial charge in [-0.3, -0.25) is 4.79 Å². The molecule has 0 atom stereocenters. The zero-order valence-corrected chi connectivity index (χ0v) is 7.51. The predicted octanol–water partition coefficient (Wildman–Crippen LogP) is -0.0401. The van der Waals surface area contributed by atoms with Gasteiger partial charge < -0.3 is 4.98 Å². The number of nitrogens with one attached hydrogen (secondary N) is 1. The highest BCUT2D eigenvalue weighted by Gasteiger charge is 2.15. The molecule has 0 fully saturated rings. The summed E-state index contributed by atoms with van der Waals surface area (Å²) < 4.78 is 45.5. The van der Waals surface area contributed by atoms with E-state index in [0.717, 1.165) is 12.1 Å². The molecule has 8 heteroatoms. The van der Waals surface area contributed by atoms with E-state index in [4.69, 9.17) is 0 Å². The van der Waals surface area contributed by atoms with Crippen LogP contribution >= 0.6 is 0 Å². The van der Waals surface area contributed by atoms with Crippen molar-refractivity contribution in [2.24, 2.45) is 5.14 Å². The van der Waals surface area contributed by atoms with E-state index in [1.807, 2.05) is 0 Å². The van der Waals surface area contributed by atoms with Gasteiger partial charge in [-0.25, -0.2) is 22.3 Å². The summed E-state index contributed by atoms with van der Waals surface area (Å²) >= 11 is 0. The quantitative estimate of drug-likeness (QED) is 0.738. The minimum atomic E-state index is -4.07. The molecule has 1 heterocycles. The third-order valence-corrected chi connectivity index (χ3v) is 2.31. The third-order valence-electron chi connectivity index (χ3n) is 1.45. The van der Waals surface area contributed by atoms with Crippen LogP contribution in [-0.2, 0) is 10.0 Å². The molecule has 0 amide bonds. The van der Waals surface area contributed by atoms with Gasteiger partial charge in [0.05, 0.1) is 5.56 Å². The number of halogens is 2. The van der Waals surface area contributed by atoms with E-state index in [2.05, 4.69) is 5.14 Å². The number of hydrogen-bond donors (Lipinski definition) is 2. The first-order valence-corrected chi connectivity index (χ1v) is 4.91. The van der Waals surface area contributed by atoms with Crippen molar-refractivity contribution in [3.05, 3.63) is 28.0 Å². The number of alkyl halides is 2. The Bertz CT molecular complexity index is 494. The maximum absolute atomic E-state index is 12.1. The van der Waals surface area contributed by atoms with Crippen LogP contribution in [0.3, 0.4) is 0 Å². The molecule has 0 spiro atoms. The van der Waals surface area contributed by atoms with Crippen molar-refractivity contribution in [3.63, 3.8) is 0 Å². The molecule has 0 aromatic carbocycles. The summed E-state index contributed by atoms with van der Waals surface area (Å²) in [5.41, 5.74) is -1.95. The minimum absolute atomic E-state index is 0.591. The lowest BCUT2D eigenvalue weighted by atomic mass is 10.3. The number of pyridine rings is 1. The first-order chi connectivity index (χ1) is 6.32. The third kappa shape index (κ3) is 2.15. The fraction of sp³-hybridized carbons (Fsp3) is 0.167. The molecule has 0 bridgehead atoms. The summed E-state index contributed by atoms with van der Waals surface area (Å²) in [6.07, 6.45) is -2.95. The normalized spacial score (nSPS) is 12.0. The van der Waals surface area contributed by atoms with Crippen molar-refractivity contribution in [1.82, 2.24) is 4.98 Å². The molecule has 14 heavy (non-hydrogen) atoms. The van der Waals surface area contributed by atoms with Gasteiger partial charge in [-0.15, -0.1) is 0 Å². The van der Waals surface area contributed by atoms with Crippen LogP contribution in [-0.4, -0.2) is 13.4 Å². The standard InChI is InChI=1S/C6H6F2N2O3S/c7-5(8)3-1-2-4(10-6(3)11)14(9,12)13/h1-2,5H,(H,10,11)(H2,9,12,13). The second-order valence-electron chi connectivity index (χ2n) is 2.45. The van der Waals surface area contributed by atoms with Gasteiger partial charge in [0.15, 0.2) is 0 Å². The Labute approximate surface area is 77.6 Å². The molecule has 0 radical (unpaired) electrons. The Hall–Kier alpha value is -1.28. The highest BCUT2D eigenvalue weighted by molar-refractivity contribution is 7.89. The van der Waals surface area contributed by atoms with Crippen LogP contribution in [0.2, 0.25) is 0 Å². The smallest absolute Gasteiger partial charge is 0.269 e. The fourth-order valence-corrected chi connectivity index (χ4v) is 1.30. The zero-order valence-electron chi connectivity index (χ0n) is 6.70. The zero-order chi connectivity index (χ0) is 10.9. The van der Waals surface area contributed by atoms with Crippen LogP contribution in [0.1, 0.15) is 12.0 Å². The molecule has 1 aromatic rings.